The number of hydrogen-bond donors (Lipinski definition) is 0. The summed E-state index contributed by atoms with van der Waals surface area (Å²) in [5.41, 5.74) is 0.463. The van der Waals surface area contributed by atoms with E-state index >= 15 is 0 Å². The second-order valence-electron chi connectivity index (χ2n) is 4.53. The van der Waals surface area contributed by atoms with Crippen molar-refractivity contribution < 1.29 is 9.53 Å². The van der Waals surface area contributed by atoms with E-state index in [1.807, 2.05) is 30.3 Å². The average molecular weight is 317 g/mol. The van der Waals surface area contributed by atoms with Crippen LogP contribution >= 0.6 is 23.2 Å². The second kappa shape index (κ2) is 5.76. The van der Waals surface area contributed by atoms with Crippen molar-refractivity contribution in [3.63, 3.8) is 0 Å². The molecule has 0 amide bonds. The zero-order valence-corrected chi connectivity index (χ0v) is 12.4. The van der Waals surface area contributed by atoms with Crippen LogP contribution in [0.3, 0.4) is 0 Å². The van der Waals surface area contributed by atoms with Gasteiger partial charge in [0.05, 0.1) is 10.6 Å². The summed E-state index contributed by atoms with van der Waals surface area (Å²) in [6.45, 7) is 0. The maximum Gasteiger partial charge on any atom is 0.343 e. The average Bonchev–Trinajstić information content (AvgIpc) is 2.50. The van der Waals surface area contributed by atoms with E-state index in [0.717, 1.165) is 10.8 Å². The molecule has 0 atom stereocenters. The van der Waals surface area contributed by atoms with Crippen LogP contribution in [0.1, 0.15) is 10.4 Å². The predicted molar refractivity (Wildman–Crippen MR) is 85.4 cm³/mol. The van der Waals surface area contributed by atoms with Gasteiger partial charge in [0.25, 0.3) is 0 Å². The molecule has 0 fully saturated rings. The Morgan fingerprint density at radius 3 is 2.43 bits per heavy atom. The van der Waals surface area contributed by atoms with Crippen molar-refractivity contribution in [3.05, 3.63) is 76.3 Å². The number of ether oxygens (including phenoxy) is 1. The molecule has 0 aliphatic carbocycles. The zero-order valence-electron chi connectivity index (χ0n) is 10.8. The fraction of sp³-hybridized carbons (Fsp3) is 0. The Bertz CT molecular complexity index is 828. The minimum absolute atomic E-state index is 0.252. The van der Waals surface area contributed by atoms with Crippen molar-refractivity contribution in [2.75, 3.05) is 0 Å². The molecule has 0 aliphatic rings. The SMILES string of the molecule is O=C(Oc1cc(Cl)ccc1Cl)c1ccc2ccccc2c1. The van der Waals surface area contributed by atoms with Gasteiger partial charge in [0, 0.05) is 11.1 Å². The van der Waals surface area contributed by atoms with Crippen LogP contribution in [0.25, 0.3) is 10.8 Å². The van der Waals surface area contributed by atoms with Crippen LogP contribution in [0.2, 0.25) is 10.0 Å². The highest BCUT2D eigenvalue weighted by atomic mass is 35.5. The van der Waals surface area contributed by atoms with Crippen LogP contribution in [-0.2, 0) is 0 Å². The minimum atomic E-state index is -0.468. The summed E-state index contributed by atoms with van der Waals surface area (Å²) in [7, 11) is 0. The monoisotopic (exact) mass is 316 g/mol. The Hall–Kier alpha value is -2.03. The molecule has 3 aromatic rings. The van der Waals surface area contributed by atoms with Crippen molar-refractivity contribution in [2.24, 2.45) is 0 Å². The van der Waals surface area contributed by atoms with E-state index < -0.39 is 5.97 Å². The van der Waals surface area contributed by atoms with Crippen molar-refractivity contribution in [2.45, 2.75) is 0 Å². The number of benzene rings is 3. The fourth-order valence-corrected chi connectivity index (χ4v) is 2.35. The van der Waals surface area contributed by atoms with E-state index in [0.29, 0.717) is 15.6 Å². The maximum atomic E-state index is 12.2. The summed E-state index contributed by atoms with van der Waals surface area (Å²) in [6.07, 6.45) is 0. The zero-order chi connectivity index (χ0) is 14.8. The van der Waals surface area contributed by atoms with Crippen molar-refractivity contribution in [1.82, 2.24) is 0 Å². The van der Waals surface area contributed by atoms with E-state index in [4.69, 9.17) is 27.9 Å². The Balaban J connectivity index is 1.91. The first-order valence-corrected chi connectivity index (χ1v) is 7.05. The smallest absolute Gasteiger partial charge is 0.343 e. The molecule has 21 heavy (non-hydrogen) atoms. The van der Waals surface area contributed by atoms with Gasteiger partial charge in [-0.05, 0) is 35.0 Å². The van der Waals surface area contributed by atoms with Crippen molar-refractivity contribution >= 4 is 39.9 Å². The molecule has 0 N–H and O–H groups in total. The van der Waals surface area contributed by atoms with Crippen LogP contribution in [0, 0.1) is 0 Å². The summed E-state index contributed by atoms with van der Waals surface area (Å²) < 4.78 is 5.31. The molecule has 2 nitrogen and oxygen atoms in total. The molecule has 0 spiro atoms. The fourth-order valence-electron chi connectivity index (χ4n) is 2.03. The van der Waals surface area contributed by atoms with Crippen LogP contribution in [0.5, 0.6) is 5.75 Å². The van der Waals surface area contributed by atoms with Crippen LogP contribution in [0.4, 0.5) is 0 Å². The lowest BCUT2D eigenvalue weighted by Crippen LogP contribution is -2.08. The first-order chi connectivity index (χ1) is 10.1. The Labute approximate surface area is 131 Å². The summed E-state index contributed by atoms with van der Waals surface area (Å²) >= 11 is 11.9. The van der Waals surface area contributed by atoms with Gasteiger partial charge in [-0.15, -0.1) is 0 Å². The van der Waals surface area contributed by atoms with E-state index in [2.05, 4.69) is 0 Å². The van der Waals surface area contributed by atoms with E-state index in [-0.39, 0.29) is 5.75 Å². The van der Waals surface area contributed by atoms with Crippen LogP contribution in [0.15, 0.2) is 60.7 Å². The summed E-state index contributed by atoms with van der Waals surface area (Å²) in [4.78, 5) is 12.2. The molecule has 0 unspecified atom stereocenters. The third-order valence-electron chi connectivity index (χ3n) is 3.08. The molecule has 0 aliphatic heterocycles. The molecular weight excluding hydrogens is 307 g/mol. The largest absolute Gasteiger partial charge is 0.421 e. The van der Waals surface area contributed by atoms with Gasteiger partial charge in [-0.2, -0.15) is 0 Å². The lowest BCUT2D eigenvalue weighted by Gasteiger charge is -2.07. The van der Waals surface area contributed by atoms with Gasteiger partial charge in [0.2, 0.25) is 0 Å². The molecule has 0 radical (unpaired) electrons. The molecule has 0 saturated carbocycles. The molecular formula is C17H10Cl2O2. The third kappa shape index (κ3) is 3.02. The quantitative estimate of drug-likeness (QED) is 0.469. The number of hydrogen-bond acceptors (Lipinski definition) is 2. The second-order valence-corrected chi connectivity index (χ2v) is 5.37. The highest BCUT2D eigenvalue weighted by Crippen LogP contribution is 2.28. The Morgan fingerprint density at radius 2 is 1.62 bits per heavy atom. The van der Waals surface area contributed by atoms with E-state index in [1.165, 1.54) is 6.07 Å². The Kier molecular flexibility index (Phi) is 3.82. The lowest BCUT2D eigenvalue weighted by molar-refractivity contribution is 0.0735. The highest BCUT2D eigenvalue weighted by molar-refractivity contribution is 6.34. The number of esters is 1. The Morgan fingerprint density at radius 1 is 0.857 bits per heavy atom. The van der Waals surface area contributed by atoms with Crippen molar-refractivity contribution in [1.29, 1.82) is 0 Å². The van der Waals surface area contributed by atoms with E-state index in [1.54, 1.807) is 24.3 Å². The van der Waals surface area contributed by atoms with Gasteiger partial charge in [-0.3, -0.25) is 0 Å². The molecule has 0 bridgehead atoms. The molecule has 4 heteroatoms. The highest BCUT2D eigenvalue weighted by Gasteiger charge is 2.12. The molecule has 0 aromatic heterocycles. The van der Waals surface area contributed by atoms with Crippen LogP contribution in [-0.4, -0.2) is 5.97 Å². The first kappa shape index (κ1) is 13.9. The van der Waals surface area contributed by atoms with Gasteiger partial charge >= 0.3 is 5.97 Å². The number of fused-ring (bicyclic) bond motifs is 1. The van der Waals surface area contributed by atoms with Crippen molar-refractivity contribution in [3.8, 4) is 5.75 Å². The van der Waals surface area contributed by atoms with Gasteiger partial charge in [-0.25, -0.2) is 4.79 Å². The first-order valence-electron chi connectivity index (χ1n) is 6.29. The molecule has 104 valence electrons. The number of carbonyl (C=O) groups excluding carboxylic acids is 1. The standard InChI is InChI=1S/C17H10Cl2O2/c18-14-7-8-15(19)16(10-14)21-17(20)13-6-5-11-3-1-2-4-12(11)9-13/h1-10H. The molecule has 0 heterocycles. The third-order valence-corrected chi connectivity index (χ3v) is 3.63. The molecule has 3 aromatic carbocycles. The predicted octanol–water partition coefficient (Wildman–Crippen LogP) is 5.37. The van der Waals surface area contributed by atoms with Gasteiger partial charge in [-0.1, -0.05) is 53.5 Å². The molecule has 3 rings (SSSR count). The van der Waals surface area contributed by atoms with E-state index in [9.17, 15) is 4.79 Å². The number of rotatable bonds is 2. The number of carbonyl (C=O) groups is 1. The topological polar surface area (TPSA) is 26.3 Å². The summed E-state index contributed by atoms with van der Waals surface area (Å²) in [5.74, 6) is -0.216. The van der Waals surface area contributed by atoms with Gasteiger partial charge < -0.3 is 4.74 Å². The van der Waals surface area contributed by atoms with Crippen LogP contribution < -0.4 is 4.74 Å². The van der Waals surface area contributed by atoms with Gasteiger partial charge in [0.15, 0.2) is 5.75 Å². The lowest BCUT2D eigenvalue weighted by atomic mass is 10.1. The minimum Gasteiger partial charge on any atom is -0.421 e. The summed E-state index contributed by atoms with van der Waals surface area (Å²) in [6, 6.07) is 17.9. The maximum absolute atomic E-state index is 12.2. The van der Waals surface area contributed by atoms with Gasteiger partial charge in [0.1, 0.15) is 0 Å². The normalized spacial score (nSPS) is 10.6. The summed E-state index contributed by atoms with van der Waals surface area (Å²) in [5, 5.41) is 2.84. The number of halogens is 2. The molecule has 0 saturated heterocycles.